The van der Waals surface area contributed by atoms with Crippen molar-refractivity contribution < 1.29 is 24.5 Å². The van der Waals surface area contributed by atoms with E-state index in [4.69, 9.17) is 4.74 Å². The van der Waals surface area contributed by atoms with Crippen LogP contribution >= 0.6 is 0 Å². The maximum absolute atomic E-state index is 11.6. The zero-order valence-electron chi connectivity index (χ0n) is 9.65. The second-order valence-corrected chi connectivity index (χ2v) is 4.05. The molecule has 1 N–H and O–H groups in total. The van der Waals surface area contributed by atoms with Crippen molar-refractivity contribution in [2.45, 2.75) is 19.4 Å². The van der Waals surface area contributed by atoms with E-state index in [0.717, 1.165) is 0 Å². The Morgan fingerprint density at radius 1 is 1.32 bits per heavy atom. The predicted octanol–water partition coefficient (Wildman–Crippen LogP) is 1.31. The molecule has 9 heteroatoms. The second-order valence-electron chi connectivity index (χ2n) is 4.05. The highest BCUT2D eigenvalue weighted by Gasteiger charge is 2.38. The molecule has 0 aliphatic carbocycles. The Hall–Kier alpha value is -2.71. The summed E-state index contributed by atoms with van der Waals surface area (Å²) in [5.41, 5.74) is -2.00. The number of hydrogen-bond acceptors (Lipinski definition) is 7. The smallest absolute Gasteiger partial charge is 0.343 e. The van der Waals surface area contributed by atoms with Crippen LogP contribution in [0.3, 0.4) is 0 Å². The molecule has 0 saturated carbocycles. The molecular formula is C10H8N2O7. The molecule has 1 aliphatic heterocycles. The van der Waals surface area contributed by atoms with E-state index >= 15 is 0 Å². The van der Waals surface area contributed by atoms with E-state index in [-0.39, 0.29) is 12.0 Å². The van der Waals surface area contributed by atoms with Crippen LogP contribution in [0.2, 0.25) is 0 Å². The van der Waals surface area contributed by atoms with Crippen LogP contribution in [0.1, 0.15) is 22.8 Å². The summed E-state index contributed by atoms with van der Waals surface area (Å²) in [5.74, 6) is -1.90. The minimum absolute atomic E-state index is 0.0168. The molecule has 0 spiro atoms. The first-order valence-corrected chi connectivity index (χ1v) is 5.21. The van der Waals surface area contributed by atoms with Crippen molar-refractivity contribution in [2.24, 2.45) is 0 Å². The number of carbonyl (C=O) groups is 1. The summed E-state index contributed by atoms with van der Waals surface area (Å²) >= 11 is 0. The van der Waals surface area contributed by atoms with Crippen molar-refractivity contribution in [1.29, 1.82) is 0 Å². The van der Waals surface area contributed by atoms with Gasteiger partial charge < -0.3 is 9.84 Å². The largest absolute Gasteiger partial charge is 0.501 e. The molecule has 1 atom stereocenters. The molecule has 1 aromatic rings. The lowest BCUT2D eigenvalue weighted by Crippen LogP contribution is -2.26. The number of phenolic OH excluding ortho intramolecular Hbond substituents is 1. The number of nitrogens with zero attached hydrogens (tertiary/aromatic N) is 2. The van der Waals surface area contributed by atoms with E-state index in [2.05, 4.69) is 0 Å². The third-order valence-corrected chi connectivity index (χ3v) is 2.76. The molecule has 1 unspecified atom stereocenters. The highest BCUT2D eigenvalue weighted by Crippen LogP contribution is 2.41. The van der Waals surface area contributed by atoms with Crippen molar-refractivity contribution in [3.63, 3.8) is 0 Å². The Kier molecular flexibility index (Phi) is 2.81. The first-order chi connectivity index (χ1) is 8.82. The lowest BCUT2D eigenvalue weighted by atomic mass is 9.95. The van der Waals surface area contributed by atoms with E-state index in [1.807, 2.05) is 0 Å². The molecule has 2 rings (SSSR count). The Balaban J connectivity index is 2.81. The number of rotatable bonds is 2. The van der Waals surface area contributed by atoms with Gasteiger partial charge in [-0.25, -0.2) is 4.79 Å². The number of ether oxygens (including phenoxy) is 1. The van der Waals surface area contributed by atoms with Gasteiger partial charge >= 0.3 is 11.7 Å². The molecule has 1 aliphatic rings. The van der Waals surface area contributed by atoms with Gasteiger partial charge in [0.25, 0.3) is 5.69 Å². The van der Waals surface area contributed by atoms with Crippen LogP contribution < -0.4 is 0 Å². The summed E-state index contributed by atoms with van der Waals surface area (Å²) < 4.78 is 4.82. The van der Waals surface area contributed by atoms with Crippen LogP contribution in [0.5, 0.6) is 5.75 Å². The Bertz CT molecular complexity index is 610. The summed E-state index contributed by atoms with van der Waals surface area (Å²) in [6.45, 7) is 1.53. The molecule has 1 heterocycles. The fraction of sp³-hybridized carbons (Fsp3) is 0.300. The molecule has 9 nitrogen and oxygen atoms in total. The van der Waals surface area contributed by atoms with Crippen LogP contribution in [-0.2, 0) is 11.2 Å². The van der Waals surface area contributed by atoms with E-state index < -0.39 is 44.6 Å². The van der Waals surface area contributed by atoms with Gasteiger partial charge in [0, 0.05) is 6.42 Å². The number of carbonyl (C=O) groups excluding carboxylic acids is 1. The maximum Gasteiger partial charge on any atom is 0.343 e. The lowest BCUT2D eigenvalue weighted by molar-refractivity contribution is -0.395. The molecular weight excluding hydrogens is 260 g/mol. The van der Waals surface area contributed by atoms with Crippen molar-refractivity contribution in [1.82, 2.24) is 0 Å². The number of aromatic hydroxyl groups is 1. The number of hydrogen-bond donors (Lipinski definition) is 1. The van der Waals surface area contributed by atoms with Crippen LogP contribution in [0.4, 0.5) is 11.4 Å². The predicted molar refractivity (Wildman–Crippen MR) is 60.0 cm³/mol. The number of cyclic esters (lactones) is 1. The van der Waals surface area contributed by atoms with Gasteiger partial charge in [-0.2, -0.15) is 0 Å². The van der Waals surface area contributed by atoms with Gasteiger partial charge in [0.15, 0.2) is 0 Å². The van der Waals surface area contributed by atoms with Gasteiger partial charge in [-0.05, 0) is 6.92 Å². The van der Waals surface area contributed by atoms with Crippen LogP contribution in [0.15, 0.2) is 6.07 Å². The molecule has 0 saturated heterocycles. The van der Waals surface area contributed by atoms with E-state index in [1.165, 1.54) is 6.92 Å². The molecule has 0 aromatic heterocycles. The van der Waals surface area contributed by atoms with Gasteiger partial charge in [0.2, 0.25) is 5.75 Å². The Labute approximate surface area is 105 Å². The standard InChI is InChI=1S/C10H8N2O7/c1-4-2-5-6(11(15)16)3-7(12(17)18)9(13)8(5)10(14)19-4/h3-4,13H,2H2,1H3. The summed E-state index contributed by atoms with van der Waals surface area (Å²) in [7, 11) is 0. The topological polar surface area (TPSA) is 133 Å². The average Bonchev–Trinajstić information content (AvgIpc) is 2.26. The minimum Gasteiger partial charge on any atom is -0.501 e. The monoisotopic (exact) mass is 268 g/mol. The summed E-state index contributed by atoms with van der Waals surface area (Å²) in [5, 5.41) is 31.3. The third kappa shape index (κ3) is 1.94. The van der Waals surface area contributed by atoms with E-state index in [0.29, 0.717) is 6.07 Å². The molecule has 0 radical (unpaired) electrons. The molecule has 0 amide bonds. The SMILES string of the molecule is CC1Cc2c([N+](=O)[O-])cc([N+](=O)[O-])c(O)c2C(=O)O1. The normalized spacial score (nSPS) is 17.5. The summed E-state index contributed by atoms with van der Waals surface area (Å²) in [6, 6.07) is 0.652. The van der Waals surface area contributed by atoms with Crippen molar-refractivity contribution in [3.05, 3.63) is 37.4 Å². The van der Waals surface area contributed by atoms with Gasteiger partial charge in [0.05, 0.1) is 21.5 Å². The number of fused-ring (bicyclic) bond motifs is 1. The van der Waals surface area contributed by atoms with E-state index in [9.17, 15) is 30.1 Å². The van der Waals surface area contributed by atoms with Crippen LogP contribution in [-0.4, -0.2) is 27.0 Å². The van der Waals surface area contributed by atoms with Gasteiger partial charge in [-0.15, -0.1) is 0 Å². The molecule has 100 valence electrons. The quantitative estimate of drug-likeness (QED) is 0.485. The maximum atomic E-state index is 11.6. The van der Waals surface area contributed by atoms with Crippen LogP contribution in [0, 0.1) is 20.2 Å². The number of phenols is 1. The van der Waals surface area contributed by atoms with Crippen molar-refractivity contribution >= 4 is 17.3 Å². The third-order valence-electron chi connectivity index (χ3n) is 2.76. The molecule has 1 aromatic carbocycles. The molecule has 0 bridgehead atoms. The van der Waals surface area contributed by atoms with E-state index in [1.54, 1.807) is 0 Å². The van der Waals surface area contributed by atoms with Gasteiger partial charge in [-0.3, -0.25) is 20.2 Å². The molecule has 0 fully saturated rings. The summed E-state index contributed by atoms with van der Waals surface area (Å²) in [4.78, 5) is 31.5. The minimum atomic E-state index is -1.00. The number of nitro groups is 2. The lowest BCUT2D eigenvalue weighted by Gasteiger charge is -2.21. The highest BCUT2D eigenvalue weighted by molar-refractivity contribution is 5.98. The first kappa shape index (κ1) is 12.7. The number of nitro benzene ring substituents is 2. The van der Waals surface area contributed by atoms with Crippen molar-refractivity contribution in [2.75, 3.05) is 0 Å². The first-order valence-electron chi connectivity index (χ1n) is 5.21. The van der Waals surface area contributed by atoms with Gasteiger partial charge in [0.1, 0.15) is 11.7 Å². The zero-order chi connectivity index (χ0) is 14.3. The summed E-state index contributed by atoms with van der Waals surface area (Å²) in [6.07, 6.45) is -0.581. The average molecular weight is 268 g/mol. The van der Waals surface area contributed by atoms with Crippen molar-refractivity contribution in [3.8, 4) is 5.75 Å². The number of esters is 1. The highest BCUT2D eigenvalue weighted by atomic mass is 16.6. The fourth-order valence-electron chi connectivity index (χ4n) is 1.98. The zero-order valence-corrected chi connectivity index (χ0v) is 9.65. The Morgan fingerprint density at radius 3 is 2.42 bits per heavy atom. The molecule has 19 heavy (non-hydrogen) atoms. The second kappa shape index (κ2) is 4.19. The van der Waals surface area contributed by atoms with Gasteiger partial charge in [-0.1, -0.05) is 0 Å². The fourth-order valence-corrected chi connectivity index (χ4v) is 1.98. The number of benzene rings is 1. The Morgan fingerprint density at radius 2 is 1.89 bits per heavy atom. The van der Waals surface area contributed by atoms with Crippen LogP contribution in [0.25, 0.3) is 0 Å².